The van der Waals surface area contributed by atoms with Crippen molar-refractivity contribution in [2.45, 2.75) is 0 Å². The van der Waals surface area contributed by atoms with E-state index in [1.165, 1.54) is 6.07 Å². The number of fused-ring (bicyclic) bond motifs is 1. The Bertz CT molecular complexity index is 790. The minimum Gasteiger partial charge on any atom is -0.353 e. The third kappa shape index (κ3) is 2.69. The van der Waals surface area contributed by atoms with Gasteiger partial charge in [-0.15, -0.1) is 0 Å². The number of halogens is 3. The molecule has 0 aliphatic heterocycles. The third-order valence-electron chi connectivity index (χ3n) is 2.91. The lowest BCUT2D eigenvalue weighted by molar-refractivity contribution is 0.631. The highest BCUT2D eigenvalue weighted by Gasteiger charge is 2.06. The summed E-state index contributed by atoms with van der Waals surface area (Å²) in [6.45, 7) is 0. The number of rotatable bonds is 2. The molecule has 0 aliphatic rings. The second-order valence-corrected chi connectivity index (χ2v) is 6.10. The van der Waals surface area contributed by atoms with E-state index in [2.05, 4.69) is 42.2 Å². The van der Waals surface area contributed by atoms with E-state index in [0.29, 0.717) is 10.2 Å². The van der Waals surface area contributed by atoms with Gasteiger partial charge in [0.15, 0.2) is 0 Å². The highest BCUT2D eigenvalue weighted by molar-refractivity contribution is 9.10. The van der Waals surface area contributed by atoms with Crippen molar-refractivity contribution in [1.29, 1.82) is 0 Å². The zero-order chi connectivity index (χ0) is 14.1. The van der Waals surface area contributed by atoms with Crippen molar-refractivity contribution in [1.82, 2.24) is 4.98 Å². The lowest BCUT2D eigenvalue weighted by Crippen LogP contribution is -1.95. The van der Waals surface area contributed by atoms with Crippen molar-refractivity contribution in [3.05, 3.63) is 63.4 Å². The first-order chi connectivity index (χ1) is 9.63. The molecular weight excluding hydrogens is 387 g/mol. The molecule has 1 N–H and O–H groups in total. The van der Waals surface area contributed by atoms with Crippen molar-refractivity contribution >= 4 is 54.1 Å². The molecule has 1 aromatic heterocycles. The summed E-state index contributed by atoms with van der Waals surface area (Å²) in [4.78, 5) is 4.31. The zero-order valence-corrected chi connectivity index (χ0v) is 13.4. The first kappa shape index (κ1) is 13.5. The molecule has 0 bridgehead atoms. The average Bonchev–Trinajstić information content (AvgIpc) is 2.41. The summed E-state index contributed by atoms with van der Waals surface area (Å²) in [5.74, 6) is -0.304. The van der Waals surface area contributed by atoms with E-state index in [1.54, 1.807) is 18.3 Å². The van der Waals surface area contributed by atoms with Gasteiger partial charge in [-0.2, -0.15) is 0 Å². The number of aromatic nitrogens is 1. The molecule has 3 aromatic rings. The highest BCUT2D eigenvalue weighted by Crippen LogP contribution is 2.29. The molecule has 0 fully saturated rings. The molecule has 2 aromatic carbocycles. The van der Waals surface area contributed by atoms with Gasteiger partial charge in [0.25, 0.3) is 0 Å². The fourth-order valence-corrected chi connectivity index (χ4v) is 2.65. The zero-order valence-electron chi connectivity index (χ0n) is 10.2. The molecule has 0 atom stereocenters. The molecule has 100 valence electrons. The Morgan fingerprint density at radius 3 is 2.45 bits per heavy atom. The third-order valence-corrected chi connectivity index (χ3v) is 3.89. The van der Waals surface area contributed by atoms with Gasteiger partial charge in [0.1, 0.15) is 5.82 Å². The number of nitrogens with zero attached hydrogens (tertiary/aromatic N) is 1. The second kappa shape index (κ2) is 5.50. The summed E-state index contributed by atoms with van der Waals surface area (Å²) in [6.07, 6.45) is 1.70. The van der Waals surface area contributed by atoms with Gasteiger partial charge >= 0.3 is 0 Å². The van der Waals surface area contributed by atoms with Crippen LogP contribution in [0.1, 0.15) is 0 Å². The maximum absolute atomic E-state index is 13.9. The fraction of sp³-hybridized carbons (Fsp3) is 0. The van der Waals surface area contributed by atoms with E-state index in [0.717, 1.165) is 21.1 Å². The van der Waals surface area contributed by atoms with Gasteiger partial charge in [-0.1, -0.05) is 31.9 Å². The van der Waals surface area contributed by atoms with Crippen molar-refractivity contribution < 1.29 is 4.39 Å². The molecule has 0 radical (unpaired) electrons. The number of hydrogen-bond donors (Lipinski definition) is 1. The number of benzene rings is 2. The molecule has 0 amide bonds. The van der Waals surface area contributed by atoms with Crippen LogP contribution in [0.15, 0.2) is 57.6 Å². The minimum absolute atomic E-state index is 0.304. The van der Waals surface area contributed by atoms with Gasteiger partial charge in [0.05, 0.1) is 11.2 Å². The van der Waals surface area contributed by atoms with Crippen molar-refractivity contribution in [3.63, 3.8) is 0 Å². The van der Waals surface area contributed by atoms with E-state index >= 15 is 0 Å². The molecule has 5 heteroatoms. The van der Waals surface area contributed by atoms with Gasteiger partial charge in [-0.3, -0.25) is 4.98 Å². The van der Waals surface area contributed by atoms with Crippen molar-refractivity contribution in [2.24, 2.45) is 0 Å². The molecule has 0 spiro atoms. The van der Waals surface area contributed by atoms with Crippen molar-refractivity contribution in [2.75, 3.05) is 5.32 Å². The van der Waals surface area contributed by atoms with E-state index in [-0.39, 0.29) is 5.82 Å². The lowest BCUT2D eigenvalue weighted by atomic mass is 10.2. The van der Waals surface area contributed by atoms with E-state index in [1.807, 2.05) is 24.3 Å². The van der Waals surface area contributed by atoms with Crippen LogP contribution in [-0.4, -0.2) is 4.98 Å². The summed E-state index contributed by atoms with van der Waals surface area (Å²) < 4.78 is 15.6. The highest BCUT2D eigenvalue weighted by atomic mass is 79.9. The summed E-state index contributed by atoms with van der Waals surface area (Å²) in [6, 6.07) is 12.6. The largest absolute Gasteiger partial charge is 0.353 e. The predicted octanol–water partition coefficient (Wildman–Crippen LogP) is 5.64. The summed E-state index contributed by atoms with van der Waals surface area (Å²) >= 11 is 6.66. The first-order valence-electron chi connectivity index (χ1n) is 5.90. The maximum atomic E-state index is 13.9. The molecule has 3 rings (SSSR count). The number of anilines is 2. The van der Waals surface area contributed by atoms with E-state index < -0.39 is 0 Å². The van der Waals surface area contributed by atoms with E-state index in [4.69, 9.17) is 0 Å². The Morgan fingerprint density at radius 2 is 1.65 bits per heavy atom. The maximum Gasteiger partial charge on any atom is 0.147 e. The van der Waals surface area contributed by atoms with Crippen LogP contribution in [0, 0.1) is 5.82 Å². The Morgan fingerprint density at radius 1 is 0.900 bits per heavy atom. The van der Waals surface area contributed by atoms with Crippen LogP contribution in [0.3, 0.4) is 0 Å². The quantitative estimate of drug-likeness (QED) is 0.607. The van der Waals surface area contributed by atoms with Gasteiger partial charge in [0, 0.05) is 26.2 Å². The van der Waals surface area contributed by atoms with Crippen LogP contribution in [0.4, 0.5) is 15.8 Å². The first-order valence-corrected chi connectivity index (χ1v) is 7.48. The SMILES string of the molecule is Fc1cc(Br)ccc1Nc1ccnc2cc(Br)ccc12. The molecule has 0 aliphatic carbocycles. The number of nitrogens with one attached hydrogen (secondary N) is 1. The second-order valence-electron chi connectivity index (χ2n) is 4.27. The Balaban J connectivity index is 2.06. The van der Waals surface area contributed by atoms with Crippen LogP contribution >= 0.6 is 31.9 Å². The summed E-state index contributed by atoms with van der Waals surface area (Å²) in [5.41, 5.74) is 2.11. The minimum atomic E-state index is -0.304. The molecule has 20 heavy (non-hydrogen) atoms. The Hall–Kier alpha value is -1.46. The number of hydrogen-bond acceptors (Lipinski definition) is 2. The lowest BCUT2D eigenvalue weighted by Gasteiger charge is -2.10. The van der Waals surface area contributed by atoms with Gasteiger partial charge in [-0.25, -0.2) is 4.39 Å². The Labute approximate surface area is 132 Å². The van der Waals surface area contributed by atoms with Crippen LogP contribution in [-0.2, 0) is 0 Å². The Kier molecular flexibility index (Phi) is 3.72. The van der Waals surface area contributed by atoms with Gasteiger partial charge in [0.2, 0.25) is 0 Å². The average molecular weight is 396 g/mol. The monoisotopic (exact) mass is 394 g/mol. The molecule has 0 saturated heterocycles. The topological polar surface area (TPSA) is 24.9 Å². The van der Waals surface area contributed by atoms with Crippen LogP contribution in [0.2, 0.25) is 0 Å². The van der Waals surface area contributed by atoms with Crippen LogP contribution in [0.25, 0.3) is 10.9 Å². The predicted molar refractivity (Wildman–Crippen MR) is 86.8 cm³/mol. The normalized spacial score (nSPS) is 10.8. The van der Waals surface area contributed by atoms with Crippen LogP contribution in [0.5, 0.6) is 0 Å². The van der Waals surface area contributed by atoms with Crippen molar-refractivity contribution in [3.8, 4) is 0 Å². The summed E-state index contributed by atoms with van der Waals surface area (Å²) in [5, 5.41) is 4.05. The van der Waals surface area contributed by atoms with Crippen LogP contribution < -0.4 is 5.32 Å². The molecule has 0 unspecified atom stereocenters. The molecule has 1 heterocycles. The molecular formula is C15H9Br2FN2. The van der Waals surface area contributed by atoms with E-state index in [9.17, 15) is 4.39 Å². The fourth-order valence-electron chi connectivity index (χ4n) is 1.97. The smallest absolute Gasteiger partial charge is 0.147 e. The standard InChI is InChI=1S/C15H9Br2FN2/c16-9-2-4-14(12(18)7-9)20-13-5-6-19-15-8-10(17)1-3-11(13)15/h1-8H,(H,19,20). The van der Waals surface area contributed by atoms with Gasteiger partial charge in [-0.05, 0) is 42.5 Å². The number of pyridine rings is 1. The summed E-state index contributed by atoms with van der Waals surface area (Å²) in [7, 11) is 0. The van der Waals surface area contributed by atoms with Gasteiger partial charge < -0.3 is 5.32 Å². The molecule has 0 saturated carbocycles. The molecule has 2 nitrogen and oxygen atoms in total.